The highest BCUT2D eigenvalue weighted by molar-refractivity contribution is 8.76. The van der Waals surface area contributed by atoms with Crippen molar-refractivity contribution < 1.29 is 28.5 Å². The van der Waals surface area contributed by atoms with Gasteiger partial charge in [0.25, 0.3) is 11.8 Å². The molecule has 0 radical (unpaired) electrons. The van der Waals surface area contributed by atoms with Crippen molar-refractivity contribution in [2.75, 3.05) is 111 Å². The van der Waals surface area contributed by atoms with Crippen LogP contribution in [0.5, 0.6) is 11.5 Å². The van der Waals surface area contributed by atoms with E-state index in [0.717, 1.165) is 94.2 Å². The van der Waals surface area contributed by atoms with E-state index < -0.39 is 22.3 Å². The number of nitrogens with zero attached hydrogens (tertiary/aromatic N) is 4. The third-order valence-electron chi connectivity index (χ3n) is 14.5. The third kappa shape index (κ3) is 7.48. The summed E-state index contributed by atoms with van der Waals surface area (Å²) in [6, 6.07) is 24.7. The van der Waals surface area contributed by atoms with E-state index in [4.69, 9.17) is 18.9 Å². The molecule has 66 heavy (non-hydrogen) atoms. The number of anilines is 4. The van der Waals surface area contributed by atoms with Crippen molar-refractivity contribution in [1.82, 2.24) is 10.6 Å². The summed E-state index contributed by atoms with van der Waals surface area (Å²) in [5.74, 6) is 3.10. The minimum Gasteiger partial charge on any atom is -0.490 e. The Morgan fingerprint density at radius 1 is 0.576 bits per heavy atom. The molecule has 6 heterocycles. The minimum absolute atomic E-state index is 0.0905. The summed E-state index contributed by atoms with van der Waals surface area (Å²) in [5, 5.41) is 6.23. The molecule has 12 nitrogen and oxygen atoms in total. The van der Waals surface area contributed by atoms with Crippen LogP contribution < -0.4 is 39.7 Å². The van der Waals surface area contributed by atoms with Crippen LogP contribution in [0.25, 0.3) is 12.2 Å². The number of hydrogen-bond donors (Lipinski definition) is 2. The first-order chi connectivity index (χ1) is 31.8. The molecule has 4 aromatic rings. The van der Waals surface area contributed by atoms with Crippen molar-refractivity contribution in [3.63, 3.8) is 0 Å². The lowest BCUT2D eigenvalue weighted by molar-refractivity contribution is 0.000267. The van der Waals surface area contributed by atoms with E-state index in [-0.39, 0.29) is 11.8 Å². The molecule has 6 aliphatic heterocycles. The molecule has 0 saturated carbocycles. The summed E-state index contributed by atoms with van der Waals surface area (Å²) in [6.07, 6.45) is 8.63. The fraction of sp³-hybridized carbons (Fsp3) is 0.423. The Bertz CT molecular complexity index is 2440. The van der Waals surface area contributed by atoms with Gasteiger partial charge in [-0.1, -0.05) is 73.6 Å². The van der Waals surface area contributed by atoms with Gasteiger partial charge < -0.3 is 49.2 Å². The van der Waals surface area contributed by atoms with Crippen LogP contribution >= 0.6 is 21.6 Å². The topological polar surface area (TPSA) is 108 Å². The fourth-order valence-corrected chi connectivity index (χ4v) is 12.5. The van der Waals surface area contributed by atoms with Crippen LogP contribution in [0, 0.1) is 0 Å². The first-order valence-corrected chi connectivity index (χ1v) is 25.6. The maximum Gasteiger partial charge on any atom is 0.251 e. The largest absolute Gasteiger partial charge is 0.490 e. The molecule has 346 valence electrons. The second kappa shape index (κ2) is 17.4. The molecular formula is C52H60N6O6S2. The Balaban J connectivity index is 0.696. The average Bonchev–Trinajstić information content (AvgIpc) is 4.04. The van der Waals surface area contributed by atoms with Gasteiger partial charge in [-0.25, -0.2) is 0 Å². The van der Waals surface area contributed by atoms with E-state index in [1.165, 1.54) is 0 Å². The smallest absolute Gasteiger partial charge is 0.251 e. The van der Waals surface area contributed by atoms with Crippen molar-refractivity contribution in [3.05, 3.63) is 118 Å². The van der Waals surface area contributed by atoms with Gasteiger partial charge in [0.1, 0.15) is 24.7 Å². The summed E-state index contributed by atoms with van der Waals surface area (Å²) in [4.78, 5) is 36.0. The molecule has 14 heteroatoms. The highest BCUT2D eigenvalue weighted by atomic mass is 33.1. The average molecular weight is 929 g/mol. The van der Waals surface area contributed by atoms with Gasteiger partial charge in [0.05, 0.1) is 37.7 Å². The molecule has 2 amide bonds. The van der Waals surface area contributed by atoms with Gasteiger partial charge in [0.2, 0.25) is 0 Å². The number of hydrogen-bond acceptors (Lipinski definition) is 12. The number of nitrogens with one attached hydrogen (secondary N) is 2. The van der Waals surface area contributed by atoms with Gasteiger partial charge >= 0.3 is 0 Å². The fourth-order valence-electron chi connectivity index (χ4n) is 10.7. The van der Waals surface area contributed by atoms with Crippen LogP contribution in [0.1, 0.15) is 70.7 Å². The highest BCUT2D eigenvalue weighted by Gasteiger charge is 2.60. The monoisotopic (exact) mass is 928 g/mol. The van der Waals surface area contributed by atoms with Crippen molar-refractivity contribution in [3.8, 4) is 11.5 Å². The predicted molar refractivity (Wildman–Crippen MR) is 269 cm³/mol. The molecule has 2 unspecified atom stereocenters. The molecular weight excluding hydrogens is 869 g/mol. The number of amides is 2. The van der Waals surface area contributed by atoms with Gasteiger partial charge in [-0.2, -0.15) is 0 Å². The van der Waals surface area contributed by atoms with E-state index in [1.807, 2.05) is 24.3 Å². The SMILES string of the molecule is CN1CCOc2cc(C=CC34OCCN3c3ccc(C(=O)NCCSSCCNC(=O)c5ccc6c(c5)C(C)(C)C5(C=Cc7ccc8c(c7)OCCN8C)OCCN65)cc3C4(C)C)ccc21. The Hall–Kier alpha value is -5.28. The number of likely N-dealkylation sites (N-methyl/N-ethyl adjacent to an activating group) is 2. The van der Waals surface area contributed by atoms with Crippen molar-refractivity contribution in [2.45, 2.75) is 50.0 Å². The molecule has 0 aliphatic carbocycles. The molecule has 2 N–H and O–H groups in total. The van der Waals surface area contributed by atoms with E-state index in [1.54, 1.807) is 21.6 Å². The second-order valence-corrected chi connectivity index (χ2v) is 21.6. The van der Waals surface area contributed by atoms with Crippen molar-refractivity contribution in [1.29, 1.82) is 0 Å². The Morgan fingerprint density at radius 2 is 1.00 bits per heavy atom. The highest BCUT2D eigenvalue weighted by Crippen LogP contribution is 2.57. The summed E-state index contributed by atoms with van der Waals surface area (Å²) in [5.41, 5.74) is 7.83. The lowest BCUT2D eigenvalue weighted by atomic mass is 9.77. The zero-order chi connectivity index (χ0) is 45.8. The van der Waals surface area contributed by atoms with Crippen LogP contribution in [-0.2, 0) is 20.3 Å². The summed E-state index contributed by atoms with van der Waals surface area (Å²) in [7, 11) is 7.56. The molecule has 2 saturated heterocycles. The van der Waals surface area contributed by atoms with Crippen LogP contribution in [0.2, 0.25) is 0 Å². The Labute approximate surface area is 396 Å². The molecule has 6 aliphatic rings. The summed E-state index contributed by atoms with van der Waals surface area (Å²) < 4.78 is 25.1. The van der Waals surface area contributed by atoms with Gasteiger partial charge in [0, 0.05) is 85.1 Å². The number of rotatable bonds is 13. The van der Waals surface area contributed by atoms with Crippen LogP contribution in [0.3, 0.4) is 0 Å². The van der Waals surface area contributed by atoms with Crippen LogP contribution in [0.4, 0.5) is 22.7 Å². The van der Waals surface area contributed by atoms with Gasteiger partial charge in [0.15, 0.2) is 11.4 Å². The minimum atomic E-state index is -0.671. The van der Waals surface area contributed by atoms with Crippen molar-refractivity contribution in [2.24, 2.45) is 0 Å². The molecule has 0 spiro atoms. The third-order valence-corrected chi connectivity index (χ3v) is 16.9. The molecule has 4 aromatic carbocycles. The number of fused-ring (bicyclic) bond motifs is 8. The first kappa shape index (κ1) is 44.6. The quantitative estimate of drug-likeness (QED) is 0.100. The second-order valence-electron chi connectivity index (χ2n) is 18.9. The lowest BCUT2D eigenvalue weighted by Crippen LogP contribution is -2.51. The number of benzene rings is 4. The van der Waals surface area contributed by atoms with Gasteiger partial charge in [-0.05, 0) is 95.1 Å². The van der Waals surface area contributed by atoms with Gasteiger partial charge in [-0.3, -0.25) is 9.59 Å². The zero-order valence-corrected chi connectivity index (χ0v) is 40.4. The van der Waals surface area contributed by atoms with Crippen molar-refractivity contribution >= 4 is 68.3 Å². The summed E-state index contributed by atoms with van der Waals surface area (Å²) >= 11 is 0. The maximum atomic E-state index is 13.4. The Morgan fingerprint density at radius 3 is 1.44 bits per heavy atom. The lowest BCUT2D eigenvalue weighted by Gasteiger charge is -2.39. The Kier molecular flexibility index (Phi) is 11.8. The zero-order valence-electron chi connectivity index (χ0n) is 38.8. The molecule has 10 rings (SSSR count). The molecule has 2 atom stereocenters. The predicted octanol–water partition coefficient (Wildman–Crippen LogP) is 7.96. The number of ether oxygens (including phenoxy) is 4. The number of carbonyl (C=O) groups is 2. The standard InChI is InChI=1S/C52H60N6O6S2/c1-49(2)39-33-37(9-13-41(39)57-23-27-63-51(49,57)17-15-35-7-11-43-45(31-35)61-25-21-55(43)5)47(59)53-19-29-65-66-30-20-54-48(60)38-10-14-42-40(34-38)50(3,4)52(58(42)24-28-64-52)18-16-36-8-12-44-46(32-36)62-26-22-56(44)6/h7-18,31-34H,19-30H2,1-6H3,(H,53,59)(H,54,60). The van der Waals surface area contributed by atoms with E-state index in [9.17, 15) is 9.59 Å². The first-order valence-electron chi connectivity index (χ1n) is 23.1. The van der Waals surface area contributed by atoms with E-state index >= 15 is 0 Å². The molecule has 2 fully saturated rings. The van der Waals surface area contributed by atoms with Crippen LogP contribution in [0.15, 0.2) is 84.9 Å². The summed E-state index contributed by atoms with van der Waals surface area (Å²) in [6.45, 7) is 15.8. The molecule has 0 aromatic heterocycles. The normalized spacial score (nSPS) is 22.9. The molecule has 0 bridgehead atoms. The number of carbonyl (C=O) groups excluding carboxylic acids is 2. The maximum absolute atomic E-state index is 13.4. The van der Waals surface area contributed by atoms with Gasteiger partial charge in [-0.15, -0.1) is 0 Å². The van der Waals surface area contributed by atoms with E-state index in [2.05, 4.69) is 145 Å². The van der Waals surface area contributed by atoms with E-state index in [0.29, 0.717) is 50.6 Å². The van der Waals surface area contributed by atoms with Crippen LogP contribution in [-0.4, -0.2) is 115 Å².